The minimum Gasteiger partial charge on any atom is -0.450 e. The summed E-state index contributed by atoms with van der Waals surface area (Å²) >= 11 is 0. The number of hydrogen-bond acceptors (Lipinski definition) is 7. The molecule has 0 radical (unpaired) electrons. The molecule has 1 heterocycles. The molecule has 0 saturated heterocycles. The third-order valence-electron chi connectivity index (χ3n) is 1.71. The molecule has 1 aromatic rings. The Hall–Kier alpha value is -2.03. The molecule has 0 fully saturated rings. The Morgan fingerprint density at radius 1 is 1.53 bits per heavy atom. The van der Waals surface area contributed by atoms with Crippen molar-refractivity contribution in [3.8, 4) is 0 Å². The molecule has 0 aromatic carbocycles. The lowest BCUT2D eigenvalue weighted by Gasteiger charge is -2.11. The van der Waals surface area contributed by atoms with E-state index in [9.17, 15) is 9.59 Å². The highest BCUT2D eigenvalue weighted by atomic mass is 16.7. The fourth-order valence-corrected chi connectivity index (χ4v) is 1.07. The van der Waals surface area contributed by atoms with Crippen molar-refractivity contribution in [2.45, 2.75) is 26.7 Å². The van der Waals surface area contributed by atoms with Gasteiger partial charge in [0, 0.05) is 0 Å². The number of hydrogen-bond donors (Lipinski definition) is 1. The summed E-state index contributed by atoms with van der Waals surface area (Å²) in [5, 5.41) is 19.0. The maximum atomic E-state index is 10.7. The first-order chi connectivity index (χ1) is 8.00. The highest BCUT2D eigenvalue weighted by molar-refractivity contribution is 5.76. The van der Waals surface area contributed by atoms with Crippen molar-refractivity contribution in [3.63, 3.8) is 0 Å². The van der Waals surface area contributed by atoms with Crippen LogP contribution < -0.4 is 0 Å². The molecule has 1 atom stereocenters. The fraction of sp³-hybridized carbons (Fsp3) is 0.625. The zero-order valence-electron chi connectivity index (χ0n) is 9.36. The van der Waals surface area contributed by atoms with Crippen molar-refractivity contribution in [2.75, 3.05) is 6.61 Å². The topological polar surface area (TPSA) is 116 Å². The number of tetrazole rings is 1. The first-order valence-electron chi connectivity index (χ1n) is 4.74. The molecule has 94 valence electrons. The van der Waals surface area contributed by atoms with Crippen LogP contribution in [0.5, 0.6) is 0 Å². The predicted molar refractivity (Wildman–Crippen MR) is 52.0 cm³/mol. The zero-order chi connectivity index (χ0) is 12.8. The molecule has 1 rings (SSSR count). The second-order valence-corrected chi connectivity index (χ2v) is 3.22. The summed E-state index contributed by atoms with van der Waals surface area (Å²) in [6, 6.07) is 0. The average Bonchev–Trinajstić information content (AvgIpc) is 2.64. The van der Waals surface area contributed by atoms with E-state index in [1.54, 1.807) is 0 Å². The second kappa shape index (κ2) is 5.89. The minimum absolute atomic E-state index is 0.000100. The second-order valence-electron chi connectivity index (χ2n) is 3.22. The van der Waals surface area contributed by atoms with E-state index >= 15 is 0 Å². The van der Waals surface area contributed by atoms with Crippen LogP contribution in [0.4, 0.5) is 4.79 Å². The predicted octanol–water partition coefficient (Wildman–Crippen LogP) is -0.00820. The van der Waals surface area contributed by atoms with Crippen LogP contribution in [0.25, 0.3) is 0 Å². The van der Waals surface area contributed by atoms with Gasteiger partial charge in [-0.1, -0.05) is 0 Å². The molecule has 9 heteroatoms. The third kappa shape index (κ3) is 4.15. The van der Waals surface area contributed by atoms with Gasteiger partial charge in [-0.05, 0) is 24.3 Å². The fourth-order valence-electron chi connectivity index (χ4n) is 1.07. The SMILES string of the molecule is CC(=O)COCc1nnnn1[C@H](C)OC(=O)O. The van der Waals surface area contributed by atoms with Crippen LogP contribution in [-0.4, -0.2) is 43.9 Å². The third-order valence-corrected chi connectivity index (χ3v) is 1.71. The lowest BCUT2D eigenvalue weighted by atomic mass is 10.5. The van der Waals surface area contributed by atoms with E-state index in [1.165, 1.54) is 13.8 Å². The van der Waals surface area contributed by atoms with Crippen LogP contribution in [-0.2, 0) is 20.9 Å². The molecule has 0 spiro atoms. The maximum Gasteiger partial charge on any atom is 0.507 e. The van der Waals surface area contributed by atoms with E-state index in [4.69, 9.17) is 9.84 Å². The maximum absolute atomic E-state index is 10.7. The van der Waals surface area contributed by atoms with Gasteiger partial charge in [0.2, 0.25) is 0 Å². The van der Waals surface area contributed by atoms with Crippen LogP contribution in [0.15, 0.2) is 0 Å². The van der Waals surface area contributed by atoms with Gasteiger partial charge in [-0.15, -0.1) is 5.10 Å². The number of carbonyl (C=O) groups excluding carboxylic acids is 1. The van der Waals surface area contributed by atoms with Gasteiger partial charge >= 0.3 is 6.16 Å². The summed E-state index contributed by atoms with van der Waals surface area (Å²) in [5.41, 5.74) is 0. The summed E-state index contributed by atoms with van der Waals surface area (Å²) in [5.74, 6) is 0.152. The van der Waals surface area contributed by atoms with E-state index in [0.29, 0.717) is 0 Å². The largest absolute Gasteiger partial charge is 0.507 e. The normalized spacial score (nSPS) is 12.1. The smallest absolute Gasteiger partial charge is 0.450 e. The summed E-state index contributed by atoms with van der Waals surface area (Å²) in [7, 11) is 0. The molecule has 0 amide bonds. The van der Waals surface area contributed by atoms with E-state index in [0.717, 1.165) is 4.68 Å². The molecule has 0 aliphatic heterocycles. The van der Waals surface area contributed by atoms with Crippen molar-refractivity contribution < 1.29 is 24.2 Å². The van der Waals surface area contributed by atoms with E-state index in [-0.39, 0.29) is 24.8 Å². The Balaban J connectivity index is 2.58. The van der Waals surface area contributed by atoms with Gasteiger partial charge in [0.25, 0.3) is 0 Å². The van der Waals surface area contributed by atoms with Crippen LogP contribution >= 0.6 is 0 Å². The lowest BCUT2D eigenvalue weighted by Crippen LogP contribution is -2.18. The van der Waals surface area contributed by atoms with Gasteiger partial charge in [-0.3, -0.25) is 4.79 Å². The molecule has 0 unspecified atom stereocenters. The van der Waals surface area contributed by atoms with Crippen LogP contribution in [0.3, 0.4) is 0 Å². The highest BCUT2D eigenvalue weighted by Crippen LogP contribution is 2.08. The Labute approximate surface area is 96.3 Å². The number of carbonyl (C=O) groups is 2. The van der Waals surface area contributed by atoms with E-state index in [1.807, 2.05) is 0 Å². The van der Waals surface area contributed by atoms with Gasteiger partial charge in [0.1, 0.15) is 13.2 Å². The van der Waals surface area contributed by atoms with E-state index in [2.05, 4.69) is 20.3 Å². The van der Waals surface area contributed by atoms with Gasteiger partial charge in [0.15, 0.2) is 17.8 Å². The lowest BCUT2D eigenvalue weighted by molar-refractivity contribution is -0.121. The van der Waals surface area contributed by atoms with Crippen molar-refractivity contribution in [3.05, 3.63) is 5.82 Å². The minimum atomic E-state index is -1.43. The molecule has 0 aliphatic rings. The average molecular weight is 244 g/mol. The number of ketones is 1. The van der Waals surface area contributed by atoms with Gasteiger partial charge in [-0.25, -0.2) is 4.79 Å². The van der Waals surface area contributed by atoms with Crippen molar-refractivity contribution >= 4 is 11.9 Å². The van der Waals surface area contributed by atoms with E-state index < -0.39 is 12.4 Å². The Morgan fingerprint density at radius 3 is 2.82 bits per heavy atom. The van der Waals surface area contributed by atoms with Gasteiger partial charge < -0.3 is 14.6 Å². The highest BCUT2D eigenvalue weighted by Gasteiger charge is 2.16. The number of Topliss-reactive ketones (excluding diaryl/α,β-unsaturated/α-hetero) is 1. The number of rotatable bonds is 6. The van der Waals surface area contributed by atoms with Crippen LogP contribution in [0.2, 0.25) is 0 Å². The molecular weight excluding hydrogens is 232 g/mol. The molecule has 0 bridgehead atoms. The monoisotopic (exact) mass is 244 g/mol. The molecule has 1 aromatic heterocycles. The van der Waals surface area contributed by atoms with Gasteiger partial charge in [0.05, 0.1) is 0 Å². The number of aromatic nitrogens is 4. The molecule has 9 nitrogen and oxygen atoms in total. The quantitative estimate of drug-likeness (QED) is 0.694. The zero-order valence-corrected chi connectivity index (χ0v) is 9.36. The molecule has 1 N–H and O–H groups in total. The number of nitrogens with zero attached hydrogens (tertiary/aromatic N) is 4. The first-order valence-corrected chi connectivity index (χ1v) is 4.74. The van der Waals surface area contributed by atoms with Crippen molar-refractivity contribution in [1.29, 1.82) is 0 Å². The summed E-state index contributed by atoms with van der Waals surface area (Å²) < 4.78 is 10.7. The Bertz CT molecular complexity index is 404. The summed E-state index contributed by atoms with van der Waals surface area (Å²) in [6.45, 7) is 2.80. The molecule has 0 saturated carbocycles. The van der Waals surface area contributed by atoms with Crippen LogP contribution in [0, 0.1) is 0 Å². The first kappa shape index (κ1) is 13.0. The number of carboxylic acid groups (broad SMARTS) is 1. The number of ether oxygens (including phenoxy) is 2. The standard InChI is InChI=1S/C8H12N4O5/c1-5(13)3-16-4-7-9-10-11-12(7)6(2)17-8(14)15/h6H,3-4H2,1-2H3,(H,14,15)/t6-/m0/s1. The van der Waals surface area contributed by atoms with Crippen LogP contribution in [0.1, 0.15) is 25.9 Å². The molecule has 0 aliphatic carbocycles. The Kier molecular flexibility index (Phi) is 4.52. The van der Waals surface area contributed by atoms with Crippen molar-refractivity contribution in [1.82, 2.24) is 20.2 Å². The molecule has 17 heavy (non-hydrogen) atoms. The summed E-state index contributed by atoms with van der Waals surface area (Å²) in [6.07, 6.45) is -2.29. The molecular formula is C8H12N4O5. The Morgan fingerprint density at radius 2 is 2.24 bits per heavy atom. The van der Waals surface area contributed by atoms with Gasteiger partial charge in [-0.2, -0.15) is 4.68 Å². The van der Waals surface area contributed by atoms with Crippen molar-refractivity contribution in [2.24, 2.45) is 0 Å². The summed E-state index contributed by atoms with van der Waals surface area (Å²) in [4.78, 5) is 21.0.